The van der Waals surface area contributed by atoms with Gasteiger partial charge in [-0.25, -0.2) is 13.6 Å². The van der Waals surface area contributed by atoms with Crippen molar-refractivity contribution in [1.82, 2.24) is 10.2 Å². The third-order valence-corrected chi connectivity index (χ3v) is 5.54. The fourth-order valence-corrected chi connectivity index (χ4v) is 4.06. The molecule has 2 atom stereocenters. The molecule has 0 radical (unpaired) electrons. The van der Waals surface area contributed by atoms with E-state index in [9.17, 15) is 13.6 Å². The Morgan fingerprint density at radius 3 is 2.41 bits per heavy atom. The standard InChI is InChI=1S/C21H22F2N2O2/c22-16-7-5-15(6-8-16)20(17-3-1-2-4-18(17)23)27-21(26)24-19-13-25-11-9-14(19)10-12-25/h1-8,14,19-20H,9-13H2,(H,24,26). The summed E-state index contributed by atoms with van der Waals surface area (Å²) in [6.45, 7) is 2.97. The number of carbonyl (C=O) groups excluding carboxylic acids is 1. The van der Waals surface area contributed by atoms with Gasteiger partial charge in [0.1, 0.15) is 11.6 Å². The molecule has 3 saturated heterocycles. The maximum Gasteiger partial charge on any atom is 0.408 e. The molecule has 1 N–H and O–H groups in total. The van der Waals surface area contributed by atoms with E-state index in [0.29, 0.717) is 11.5 Å². The maximum atomic E-state index is 14.3. The van der Waals surface area contributed by atoms with E-state index in [1.165, 1.54) is 30.3 Å². The molecule has 2 aromatic rings. The van der Waals surface area contributed by atoms with Crippen LogP contribution in [-0.4, -0.2) is 36.7 Å². The second-order valence-electron chi connectivity index (χ2n) is 7.25. The van der Waals surface area contributed by atoms with E-state index in [1.807, 2.05) is 0 Å². The average Bonchev–Trinajstić information content (AvgIpc) is 2.68. The van der Waals surface area contributed by atoms with E-state index in [0.717, 1.165) is 32.5 Å². The van der Waals surface area contributed by atoms with Gasteiger partial charge in [0.25, 0.3) is 0 Å². The monoisotopic (exact) mass is 372 g/mol. The van der Waals surface area contributed by atoms with Gasteiger partial charge in [0.05, 0.1) is 0 Å². The minimum absolute atomic E-state index is 0.0505. The predicted molar refractivity (Wildman–Crippen MR) is 97.2 cm³/mol. The lowest BCUT2D eigenvalue weighted by Crippen LogP contribution is -2.57. The van der Waals surface area contributed by atoms with Gasteiger partial charge in [-0.15, -0.1) is 0 Å². The number of nitrogens with one attached hydrogen (secondary N) is 1. The Bertz CT molecular complexity index is 804. The van der Waals surface area contributed by atoms with Crippen molar-refractivity contribution in [1.29, 1.82) is 0 Å². The number of carbonyl (C=O) groups is 1. The van der Waals surface area contributed by atoms with Crippen LogP contribution in [0.5, 0.6) is 0 Å². The van der Waals surface area contributed by atoms with Gasteiger partial charge in [0.15, 0.2) is 6.10 Å². The van der Waals surface area contributed by atoms with Crippen LogP contribution in [0, 0.1) is 17.6 Å². The molecule has 0 spiro atoms. The third-order valence-electron chi connectivity index (χ3n) is 5.54. The number of amides is 1. The highest BCUT2D eigenvalue weighted by molar-refractivity contribution is 5.68. The minimum atomic E-state index is -0.937. The number of halogens is 2. The quantitative estimate of drug-likeness (QED) is 0.886. The Morgan fingerprint density at radius 2 is 1.78 bits per heavy atom. The van der Waals surface area contributed by atoms with Crippen LogP contribution in [0.15, 0.2) is 48.5 Å². The summed E-state index contributed by atoms with van der Waals surface area (Å²) in [6.07, 6.45) is 0.624. The predicted octanol–water partition coefficient (Wildman–Crippen LogP) is 3.87. The number of hydrogen-bond acceptors (Lipinski definition) is 3. The third kappa shape index (κ3) is 3.95. The van der Waals surface area contributed by atoms with Crippen LogP contribution in [0.4, 0.5) is 13.6 Å². The van der Waals surface area contributed by atoms with Crippen molar-refractivity contribution in [2.75, 3.05) is 19.6 Å². The van der Waals surface area contributed by atoms with E-state index in [1.54, 1.807) is 18.2 Å². The first-order valence-electron chi connectivity index (χ1n) is 9.29. The van der Waals surface area contributed by atoms with Crippen LogP contribution in [0.25, 0.3) is 0 Å². The molecule has 27 heavy (non-hydrogen) atoms. The SMILES string of the molecule is O=C(NC1CN2CCC1CC2)OC(c1ccc(F)cc1)c1ccccc1F. The van der Waals surface area contributed by atoms with E-state index >= 15 is 0 Å². The summed E-state index contributed by atoms with van der Waals surface area (Å²) in [4.78, 5) is 14.9. The molecule has 2 bridgehead atoms. The molecule has 3 fully saturated rings. The summed E-state index contributed by atoms with van der Waals surface area (Å²) in [7, 11) is 0. The number of benzene rings is 2. The van der Waals surface area contributed by atoms with Crippen LogP contribution < -0.4 is 5.32 Å². The highest BCUT2D eigenvalue weighted by Crippen LogP contribution is 2.30. The summed E-state index contributed by atoms with van der Waals surface area (Å²) in [5.41, 5.74) is 0.763. The van der Waals surface area contributed by atoms with Gasteiger partial charge < -0.3 is 15.0 Å². The fraction of sp³-hybridized carbons (Fsp3) is 0.381. The zero-order chi connectivity index (χ0) is 18.8. The van der Waals surface area contributed by atoms with Gasteiger partial charge in [-0.1, -0.05) is 30.3 Å². The minimum Gasteiger partial charge on any atom is -0.436 e. The number of hydrogen-bond donors (Lipinski definition) is 1. The van der Waals surface area contributed by atoms with Crippen LogP contribution in [-0.2, 0) is 4.74 Å². The first kappa shape index (κ1) is 17.9. The zero-order valence-corrected chi connectivity index (χ0v) is 14.9. The number of nitrogens with zero attached hydrogens (tertiary/aromatic N) is 1. The molecule has 2 unspecified atom stereocenters. The van der Waals surface area contributed by atoms with Gasteiger partial charge >= 0.3 is 6.09 Å². The highest BCUT2D eigenvalue weighted by atomic mass is 19.1. The number of rotatable bonds is 4. The molecule has 2 aromatic carbocycles. The Hall–Kier alpha value is -2.47. The molecule has 6 heteroatoms. The Balaban J connectivity index is 1.53. The van der Waals surface area contributed by atoms with E-state index < -0.39 is 23.8 Å². The second-order valence-corrected chi connectivity index (χ2v) is 7.25. The van der Waals surface area contributed by atoms with E-state index in [2.05, 4.69) is 10.2 Å². The number of ether oxygens (including phenoxy) is 1. The summed E-state index contributed by atoms with van der Waals surface area (Å²) in [6, 6.07) is 11.8. The molecular formula is C21H22F2N2O2. The smallest absolute Gasteiger partial charge is 0.408 e. The van der Waals surface area contributed by atoms with Crippen molar-refractivity contribution in [2.45, 2.75) is 25.0 Å². The van der Waals surface area contributed by atoms with Crippen LogP contribution >= 0.6 is 0 Å². The molecule has 3 aliphatic rings. The molecule has 0 aromatic heterocycles. The van der Waals surface area contributed by atoms with Crippen molar-refractivity contribution in [2.24, 2.45) is 5.92 Å². The molecule has 0 saturated carbocycles. The zero-order valence-electron chi connectivity index (χ0n) is 14.9. The molecule has 3 heterocycles. The second kappa shape index (κ2) is 7.64. The van der Waals surface area contributed by atoms with Crippen molar-refractivity contribution in [3.63, 3.8) is 0 Å². The van der Waals surface area contributed by atoms with Crippen molar-refractivity contribution >= 4 is 6.09 Å². The molecule has 1 amide bonds. The summed E-state index contributed by atoms with van der Waals surface area (Å²) >= 11 is 0. The lowest BCUT2D eigenvalue weighted by Gasteiger charge is -2.44. The molecule has 3 aliphatic heterocycles. The van der Waals surface area contributed by atoms with Gasteiger partial charge in [-0.05, 0) is 55.6 Å². The Labute approximate surface area is 157 Å². The number of fused-ring (bicyclic) bond motifs is 3. The van der Waals surface area contributed by atoms with E-state index in [4.69, 9.17) is 4.74 Å². The Kier molecular flexibility index (Phi) is 5.07. The summed E-state index contributed by atoms with van der Waals surface area (Å²) in [5, 5.41) is 2.95. The largest absolute Gasteiger partial charge is 0.436 e. The summed E-state index contributed by atoms with van der Waals surface area (Å²) < 4.78 is 33.3. The first-order valence-corrected chi connectivity index (χ1v) is 9.29. The van der Waals surface area contributed by atoms with Gasteiger partial charge in [-0.2, -0.15) is 0 Å². The fourth-order valence-electron chi connectivity index (χ4n) is 4.06. The first-order chi connectivity index (χ1) is 13.1. The topological polar surface area (TPSA) is 41.6 Å². The molecule has 0 aliphatic carbocycles. The van der Waals surface area contributed by atoms with Crippen LogP contribution in [0.3, 0.4) is 0 Å². The molecule has 4 nitrogen and oxygen atoms in total. The average molecular weight is 372 g/mol. The number of alkyl carbamates (subject to hydrolysis) is 1. The van der Waals surface area contributed by atoms with Crippen molar-refractivity contribution < 1.29 is 18.3 Å². The van der Waals surface area contributed by atoms with Crippen LogP contribution in [0.2, 0.25) is 0 Å². The van der Waals surface area contributed by atoms with Crippen molar-refractivity contribution in [3.8, 4) is 0 Å². The molecular weight excluding hydrogens is 350 g/mol. The molecule has 142 valence electrons. The lowest BCUT2D eigenvalue weighted by molar-refractivity contribution is 0.0589. The van der Waals surface area contributed by atoms with Crippen LogP contribution in [0.1, 0.15) is 30.1 Å². The van der Waals surface area contributed by atoms with Crippen molar-refractivity contribution in [3.05, 3.63) is 71.3 Å². The Morgan fingerprint density at radius 1 is 1.07 bits per heavy atom. The normalized spacial score (nSPS) is 25.0. The van der Waals surface area contributed by atoms with Gasteiger partial charge in [0, 0.05) is 18.2 Å². The van der Waals surface area contributed by atoms with Gasteiger partial charge in [0.2, 0.25) is 0 Å². The number of piperidine rings is 3. The molecule has 5 rings (SSSR count). The highest BCUT2D eigenvalue weighted by Gasteiger charge is 2.35. The lowest BCUT2D eigenvalue weighted by atomic mass is 9.84. The summed E-state index contributed by atoms with van der Waals surface area (Å²) in [5.74, 6) is -0.412. The van der Waals surface area contributed by atoms with Gasteiger partial charge in [-0.3, -0.25) is 0 Å². The maximum absolute atomic E-state index is 14.3. The van der Waals surface area contributed by atoms with E-state index in [-0.39, 0.29) is 11.6 Å².